The Bertz CT molecular complexity index is 335. The number of thioether (sulfide) groups is 1. The number of nitrogens with zero attached hydrogens (tertiary/aromatic N) is 2. The molecule has 6 heteroatoms. The van der Waals surface area contributed by atoms with Crippen LogP contribution in [0.15, 0.2) is 16.4 Å². The molecule has 0 radical (unpaired) electrons. The number of carbonyl (C=O) groups excluding carboxylic acids is 1. The molecule has 0 bridgehead atoms. The molecule has 2 rings (SSSR count). The third-order valence-corrected chi connectivity index (χ3v) is 3.36. The molecule has 2 aliphatic rings. The number of hydrogen-bond donors (Lipinski definition) is 1. The number of ether oxygens (including phenoxy) is 1. The summed E-state index contributed by atoms with van der Waals surface area (Å²) in [5, 5.41) is 15.6. The summed E-state index contributed by atoms with van der Waals surface area (Å²) < 4.78 is 5.19. The van der Waals surface area contributed by atoms with Gasteiger partial charge in [0.15, 0.2) is 5.78 Å². The van der Waals surface area contributed by atoms with Crippen molar-refractivity contribution in [2.45, 2.75) is 0 Å². The molecule has 0 atom stereocenters. The molecule has 16 heavy (non-hydrogen) atoms. The lowest BCUT2D eigenvalue weighted by atomic mass is 10.2. The van der Waals surface area contributed by atoms with Gasteiger partial charge in [-0.15, -0.1) is 11.8 Å². The molecule has 2 aliphatic heterocycles. The lowest BCUT2D eigenvalue weighted by Gasteiger charge is -2.23. The molecule has 0 saturated carbocycles. The van der Waals surface area contributed by atoms with Crippen LogP contribution >= 0.6 is 11.8 Å². The maximum absolute atomic E-state index is 11.5. The minimum Gasteiger partial charge on any atom is -0.511 e. The van der Waals surface area contributed by atoms with E-state index in [1.165, 1.54) is 18.0 Å². The van der Waals surface area contributed by atoms with E-state index in [0.29, 0.717) is 30.3 Å². The zero-order chi connectivity index (χ0) is 11.4. The number of hydrogen-bond acceptors (Lipinski definition) is 6. The number of aliphatic hydroxyl groups excluding tert-OH is 1. The van der Waals surface area contributed by atoms with Gasteiger partial charge >= 0.3 is 0 Å². The largest absolute Gasteiger partial charge is 0.511 e. The van der Waals surface area contributed by atoms with E-state index in [9.17, 15) is 9.90 Å². The molecule has 0 amide bonds. The van der Waals surface area contributed by atoms with Gasteiger partial charge in [-0.1, -0.05) is 0 Å². The van der Waals surface area contributed by atoms with Crippen LogP contribution in [0.1, 0.15) is 0 Å². The molecule has 0 spiro atoms. The summed E-state index contributed by atoms with van der Waals surface area (Å²) >= 11 is 1.42. The summed E-state index contributed by atoms with van der Waals surface area (Å²) in [6.45, 7) is 2.78. The highest BCUT2D eigenvalue weighted by Crippen LogP contribution is 2.18. The van der Waals surface area contributed by atoms with E-state index in [1.807, 2.05) is 5.01 Å². The normalized spacial score (nSPS) is 23.2. The van der Waals surface area contributed by atoms with Crippen LogP contribution in [0.25, 0.3) is 0 Å². The van der Waals surface area contributed by atoms with Crippen molar-refractivity contribution in [1.82, 2.24) is 5.01 Å². The first kappa shape index (κ1) is 11.5. The van der Waals surface area contributed by atoms with Crippen LogP contribution in [0.2, 0.25) is 0 Å². The summed E-state index contributed by atoms with van der Waals surface area (Å²) in [4.78, 5) is 11.5. The number of rotatable bonds is 2. The van der Waals surface area contributed by atoms with Crippen molar-refractivity contribution in [3.63, 3.8) is 0 Å². The smallest absolute Gasteiger partial charge is 0.177 e. The lowest BCUT2D eigenvalue weighted by molar-refractivity contribution is -0.113. The molecule has 88 valence electrons. The third-order valence-electron chi connectivity index (χ3n) is 2.42. The van der Waals surface area contributed by atoms with Gasteiger partial charge in [0.1, 0.15) is 5.76 Å². The van der Waals surface area contributed by atoms with Crippen LogP contribution in [0.4, 0.5) is 0 Å². The molecular weight excluding hydrogens is 228 g/mol. The van der Waals surface area contributed by atoms with Crippen molar-refractivity contribution in [3.05, 3.63) is 11.3 Å². The first-order chi connectivity index (χ1) is 7.77. The van der Waals surface area contributed by atoms with Crippen molar-refractivity contribution in [2.24, 2.45) is 5.10 Å². The van der Waals surface area contributed by atoms with Crippen molar-refractivity contribution >= 4 is 23.8 Å². The Morgan fingerprint density at radius 3 is 2.81 bits per heavy atom. The molecule has 0 aliphatic carbocycles. The van der Waals surface area contributed by atoms with Gasteiger partial charge in [0, 0.05) is 0 Å². The zero-order valence-corrected chi connectivity index (χ0v) is 9.70. The first-order valence-electron chi connectivity index (χ1n) is 5.17. The second-order valence-corrected chi connectivity index (χ2v) is 4.57. The van der Waals surface area contributed by atoms with E-state index in [1.54, 1.807) is 0 Å². The van der Waals surface area contributed by atoms with E-state index in [-0.39, 0.29) is 11.5 Å². The maximum Gasteiger partial charge on any atom is 0.177 e. The SMILES string of the molecule is O=C1CSCC(O)=C1/C=N/N1CCOCC1. The Morgan fingerprint density at radius 1 is 1.38 bits per heavy atom. The van der Waals surface area contributed by atoms with Crippen LogP contribution in [-0.4, -0.2) is 59.9 Å². The van der Waals surface area contributed by atoms with Gasteiger partial charge in [0.25, 0.3) is 0 Å². The number of ketones is 1. The molecule has 2 heterocycles. The number of carbonyl (C=O) groups is 1. The molecule has 5 nitrogen and oxygen atoms in total. The topological polar surface area (TPSA) is 62.1 Å². The predicted octanol–water partition coefficient (Wildman–Crippen LogP) is 0.432. The molecule has 0 aromatic carbocycles. The number of aliphatic hydroxyl groups is 1. The summed E-state index contributed by atoms with van der Waals surface area (Å²) in [7, 11) is 0. The van der Waals surface area contributed by atoms with E-state index < -0.39 is 0 Å². The van der Waals surface area contributed by atoms with Crippen LogP contribution in [0.3, 0.4) is 0 Å². The van der Waals surface area contributed by atoms with E-state index >= 15 is 0 Å². The van der Waals surface area contributed by atoms with E-state index in [2.05, 4.69) is 5.10 Å². The Hall–Kier alpha value is -1.01. The maximum atomic E-state index is 11.5. The van der Waals surface area contributed by atoms with Gasteiger partial charge in [-0.25, -0.2) is 0 Å². The molecule has 0 aromatic rings. The minimum absolute atomic E-state index is 0.0502. The van der Waals surface area contributed by atoms with Crippen molar-refractivity contribution in [2.75, 3.05) is 37.8 Å². The molecule has 0 aromatic heterocycles. The number of hydrazone groups is 1. The highest BCUT2D eigenvalue weighted by molar-refractivity contribution is 8.00. The van der Waals surface area contributed by atoms with Crippen LogP contribution in [0, 0.1) is 0 Å². The molecular formula is C10H14N2O3S. The molecule has 1 saturated heterocycles. The van der Waals surface area contributed by atoms with Crippen LogP contribution < -0.4 is 0 Å². The minimum atomic E-state index is -0.0502. The monoisotopic (exact) mass is 242 g/mol. The van der Waals surface area contributed by atoms with E-state index in [0.717, 1.165) is 13.1 Å². The predicted molar refractivity (Wildman–Crippen MR) is 62.9 cm³/mol. The van der Waals surface area contributed by atoms with Gasteiger partial charge in [0.2, 0.25) is 0 Å². The highest BCUT2D eigenvalue weighted by atomic mass is 32.2. The highest BCUT2D eigenvalue weighted by Gasteiger charge is 2.19. The zero-order valence-electron chi connectivity index (χ0n) is 8.89. The fraction of sp³-hybridized carbons (Fsp3) is 0.600. The summed E-state index contributed by atoms with van der Waals surface area (Å²) in [5.41, 5.74) is 0.352. The molecule has 1 N–H and O–H groups in total. The Labute approximate surface area is 98.1 Å². The standard InChI is InChI=1S/C10H14N2O3S/c13-9-6-16-7-10(14)8(9)5-11-12-1-3-15-4-2-12/h5,13H,1-4,6-7H2/b11-5+. The molecule has 0 unspecified atom stereocenters. The third kappa shape index (κ3) is 2.76. The fourth-order valence-corrected chi connectivity index (χ4v) is 2.30. The number of Topliss-reactive ketones (excluding diaryl/α,β-unsaturated/α-hetero) is 1. The first-order valence-corrected chi connectivity index (χ1v) is 6.32. The van der Waals surface area contributed by atoms with Crippen molar-refractivity contribution in [1.29, 1.82) is 0 Å². The van der Waals surface area contributed by atoms with Crippen molar-refractivity contribution < 1.29 is 14.6 Å². The summed E-state index contributed by atoms with van der Waals surface area (Å²) in [6, 6.07) is 0. The summed E-state index contributed by atoms with van der Waals surface area (Å²) in [6.07, 6.45) is 1.47. The average molecular weight is 242 g/mol. The fourth-order valence-electron chi connectivity index (χ4n) is 1.51. The lowest BCUT2D eigenvalue weighted by Crippen LogP contribution is -2.32. The molecule has 1 fully saturated rings. The van der Waals surface area contributed by atoms with Crippen LogP contribution in [-0.2, 0) is 9.53 Å². The summed E-state index contributed by atoms with van der Waals surface area (Å²) in [5.74, 6) is 1.01. The average Bonchev–Trinajstić information content (AvgIpc) is 2.30. The Morgan fingerprint density at radius 2 is 2.12 bits per heavy atom. The van der Waals surface area contributed by atoms with Crippen LogP contribution in [0.5, 0.6) is 0 Å². The quantitative estimate of drug-likeness (QED) is 0.712. The number of morpholine rings is 1. The Balaban J connectivity index is 2.01. The van der Waals surface area contributed by atoms with Crippen molar-refractivity contribution in [3.8, 4) is 0 Å². The van der Waals surface area contributed by atoms with Gasteiger partial charge in [-0.3, -0.25) is 9.80 Å². The van der Waals surface area contributed by atoms with Gasteiger partial charge in [-0.2, -0.15) is 5.10 Å². The second kappa shape index (κ2) is 5.36. The van der Waals surface area contributed by atoms with E-state index in [4.69, 9.17) is 4.74 Å². The van der Waals surface area contributed by atoms with Gasteiger partial charge in [-0.05, 0) is 0 Å². The van der Waals surface area contributed by atoms with Gasteiger partial charge < -0.3 is 9.84 Å². The van der Waals surface area contributed by atoms with Gasteiger partial charge in [0.05, 0.1) is 49.6 Å². The second-order valence-electron chi connectivity index (χ2n) is 3.59. The Kier molecular flexibility index (Phi) is 3.84. The number of allylic oxidation sites excluding steroid dienone is 1.